The standard InChI is InChI=1S/C15H20N4O4S2/c1-3-6-13-17-18-15(24-13)16-14(20)11-9-12(10(2)23-11)25(21,22)19-7-4-5-8-19/h9H,3-8H2,1-2H3,(H,16,18,20). The molecule has 3 heterocycles. The topological polar surface area (TPSA) is 105 Å². The molecule has 1 saturated heterocycles. The van der Waals surface area contributed by atoms with Gasteiger partial charge in [0.15, 0.2) is 5.76 Å². The summed E-state index contributed by atoms with van der Waals surface area (Å²) in [6.07, 6.45) is 3.44. The van der Waals surface area contributed by atoms with Crippen molar-refractivity contribution in [3.63, 3.8) is 0 Å². The minimum atomic E-state index is -3.62. The summed E-state index contributed by atoms with van der Waals surface area (Å²) in [5.74, 6) is -0.381. The Bertz CT molecular complexity index is 866. The fourth-order valence-corrected chi connectivity index (χ4v) is 5.19. The van der Waals surface area contributed by atoms with Gasteiger partial charge in [0.2, 0.25) is 15.2 Å². The summed E-state index contributed by atoms with van der Waals surface area (Å²) in [6.45, 7) is 4.58. The Morgan fingerprint density at radius 3 is 2.76 bits per heavy atom. The van der Waals surface area contributed by atoms with E-state index in [4.69, 9.17) is 4.42 Å². The zero-order valence-electron chi connectivity index (χ0n) is 14.1. The average molecular weight is 384 g/mol. The number of rotatable bonds is 6. The molecule has 1 aliphatic rings. The van der Waals surface area contributed by atoms with Crippen molar-refractivity contribution in [2.45, 2.75) is 44.4 Å². The van der Waals surface area contributed by atoms with E-state index < -0.39 is 15.9 Å². The molecular formula is C15H20N4O4S2. The Hall–Kier alpha value is -1.78. The fraction of sp³-hybridized carbons (Fsp3) is 0.533. The molecule has 0 spiro atoms. The van der Waals surface area contributed by atoms with Crippen molar-refractivity contribution in [1.82, 2.24) is 14.5 Å². The highest BCUT2D eigenvalue weighted by Crippen LogP contribution is 2.27. The number of amides is 1. The van der Waals surface area contributed by atoms with Crippen LogP contribution in [0, 0.1) is 6.92 Å². The third-order valence-electron chi connectivity index (χ3n) is 3.93. The smallest absolute Gasteiger partial charge is 0.293 e. The van der Waals surface area contributed by atoms with Gasteiger partial charge in [-0.15, -0.1) is 10.2 Å². The van der Waals surface area contributed by atoms with Gasteiger partial charge in [-0.25, -0.2) is 8.42 Å². The number of furan rings is 1. The number of hydrogen-bond acceptors (Lipinski definition) is 7. The minimum absolute atomic E-state index is 0.0449. The molecule has 2 aromatic rings. The van der Waals surface area contributed by atoms with Gasteiger partial charge in [0.05, 0.1) is 0 Å². The van der Waals surface area contributed by atoms with Crippen LogP contribution in [0.4, 0.5) is 5.13 Å². The molecule has 0 bridgehead atoms. The molecule has 0 radical (unpaired) electrons. The van der Waals surface area contributed by atoms with Crippen LogP contribution in [0.25, 0.3) is 0 Å². The Morgan fingerprint density at radius 2 is 2.08 bits per heavy atom. The number of anilines is 1. The number of nitrogens with zero attached hydrogens (tertiary/aromatic N) is 3. The molecule has 0 aliphatic carbocycles. The Labute approximate surface area is 150 Å². The van der Waals surface area contributed by atoms with E-state index in [1.54, 1.807) is 6.92 Å². The molecular weight excluding hydrogens is 364 g/mol. The molecule has 1 aliphatic heterocycles. The highest BCUT2D eigenvalue weighted by molar-refractivity contribution is 7.89. The molecule has 0 unspecified atom stereocenters. The maximum absolute atomic E-state index is 12.6. The molecule has 3 rings (SSSR count). The lowest BCUT2D eigenvalue weighted by Gasteiger charge is -2.14. The Balaban J connectivity index is 1.77. The predicted molar refractivity (Wildman–Crippen MR) is 93.3 cm³/mol. The van der Waals surface area contributed by atoms with Gasteiger partial charge < -0.3 is 4.42 Å². The van der Waals surface area contributed by atoms with E-state index in [0.717, 1.165) is 30.7 Å². The van der Waals surface area contributed by atoms with Gasteiger partial charge in [-0.3, -0.25) is 10.1 Å². The molecule has 8 nitrogen and oxygen atoms in total. The highest BCUT2D eigenvalue weighted by atomic mass is 32.2. The van der Waals surface area contributed by atoms with Crippen LogP contribution < -0.4 is 5.32 Å². The van der Waals surface area contributed by atoms with Crippen molar-refractivity contribution in [2.24, 2.45) is 0 Å². The number of aryl methyl sites for hydroxylation is 2. The normalized spacial score (nSPS) is 15.6. The van der Waals surface area contributed by atoms with E-state index in [1.165, 1.54) is 21.7 Å². The maximum atomic E-state index is 12.6. The molecule has 0 saturated carbocycles. The van der Waals surface area contributed by atoms with Crippen LogP contribution in [0.5, 0.6) is 0 Å². The van der Waals surface area contributed by atoms with E-state index in [2.05, 4.69) is 15.5 Å². The van der Waals surface area contributed by atoms with E-state index in [-0.39, 0.29) is 16.4 Å². The summed E-state index contributed by atoms with van der Waals surface area (Å²) < 4.78 is 32.1. The van der Waals surface area contributed by atoms with Crippen molar-refractivity contribution >= 4 is 32.4 Å². The van der Waals surface area contributed by atoms with Crippen molar-refractivity contribution in [1.29, 1.82) is 0 Å². The first-order chi connectivity index (χ1) is 11.9. The number of carbonyl (C=O) groups is 1. The number of aromatic nitrogens is 2. The second kappa shape index (κ2) is 7.22. The maximum Gasteiger partial charge on any atom is 0.293 e. The van der Waals surface area contributed by atoms with Gasteiger partial charge in [-0.1, -0.05) is 18.3 Å². The molecule has 0 atom stereocenters. The second-order valence-electron chi connectivity index (χ2n) is 5.85. The van der Waals surface area contributed by atoms with Crippen molar-refractivity contribution in [3.8, 4) is 0 Å². The zero-order valence-corrected chi connectivity index (χ0v) is 15.7. The monoisotopic (exact) mass is 384 g/mol. The first-order valence-corrected chi connectivity index (χ1v) is 10.4. The lowest BCUT2D eigenvalue weighted by atomic mass is 10.4. The van der Waals surface area contributed by atoms with Gasteiger partial charge >= 0.3 is 0 Å². The van der Waals surface area contributed by atoms with Crippen LogP contribution in [-0.2, 0) is 16.4 Å². The summed E-state index contributed by atoms with van der Waals surface area (Å²) in [6, 6.07) is 1.28. The van der Waals surface area contributed by atoms with Crippen molar-refractivity contribution in [2.75, 3.05) is 18.4 Å². The van der Waals surface area contributed by atoms with Crippen LogP contribution in [0.15, 0.2) is 15.4 Å². The second-order valence-corrected chi connectivity index (χ2v) is 8.82. The average Bonchev–Trinajstić information content (AvgIpc) is 3.28. The van der Waals surface area contributed by atoms with Crippen molar-refractivity contribution in [3.05, 3.63) is 22.6 Å². The predicted octanol–water partition coefficient (Wildman–Crippen LogP) is 2.43. The summed E-state index contributed by atoms with van der Waals surface area (Å²) >= 11 is 1.30. The van der Waals surface area contributed by atoms with E-state index in [1.807, 2.05) is 6.92 Å². The van der Waals surface area contributed by atoms with E-state index >= 15 is 0 Å². The zero-order chi connectivity index (χ0) is 18.0. The highest BCUT2D eigenvalue weighted by Gasteiger charge is 2.31. The Morgan fingerprint density at radius 1 is 1.36 bits per heavy atom. The third-order valence-corrected chi connectivity index (χ3v) is 6.83. The van der Waals surface area contributed by atoms with Crippen LogP contribution >= 0.6 is 11.3 Å². The molecule has 10 heteroatoms. The van der Waals surface area contributed by atoms with Crippen LogP contribution in [-0.4, -0.2) is 41.9 Å². The van der Waals surface area contributed by atoms with Crippen LogP contribution in [0.2, 0.25) is 0 Å². The summed E-state index contributed by atoms with van der Waals surface area (Å²) in [5, 5.41) is 11.7. The van der Waals surface area contributed by atoms with Gasteiger partial charge in [0, 0.05) is 25.6 Å². The summed E-state index contributed by atoms with van der Waals surface area (Å²) in [4.78, 5) is 12.4. The third kappa shape index (κ3) is 3.75. The number of hydrogen-bond donors (Lipinski definition) is 1. The first kappa shape index (κ1) is 18.0. The fourth-order valence-electron chi connectivity index (χ4n) is 2.68. The molecule has 1 N–H and O–H groups in total. The molecule has 2 aromatic heterocycles. The number of sulfonamides is 1. The molecule has 25 heavy (non-hydrogen) atoms. The van der Waals surface area contributed by atoms with Crippen LogP contribution in [0.1, 0.15) is 47.5 Å². The lowest BCUT2D eigenvalue weighted by Crippen LogP contribution is -2.28. The SMILES string of the molecule is CCCc1nnc(NC(=O)c2cc(S(=O)(=O)N3CCCC3)c(C)o2)s1. The first-order valence-electron chi connectivity index (χ1n) is 8.16. The van der Waals surface area contributed by atoms with Crippen LogP contribution in [0.3, 0.4) is 0 Å². The van der Waals surface area contributed by atoms with Gasteiger partial charge in [-0.05, 0) is 26.2 Å². The Kier molecular flexibility index (Phi) is 5.21. The number of nitrogens with one attached hydrogen (secondary N) is 1. The molecule has 1 fully saturated rings. The summed E-state index contributed by atoms with van der Waals surface area (Å²) in [7, 11) is -3.62. The quantitative estimate of drug-likeness (QED) is 0.820. The van der Waals surface area contributed by atoms with Gasteiger partial charge in [-0.2, -0.15) is 4.31 Å². The molecule has 136 valence electrons. The van der Waals surface area contributed by atoms with Gasteiger partial charge in [0.1, 0.15) is 15.7 Å². The summed E-state index contributed by atoms with van der Waals surface area (Å²) in [5.41, 5.74) is 0. The molecule has 0 aromatic carbocycles. The number of carbonyl (C=O) groups excluding carboxylic acids is 1. The minimum Gasteiger partial charge on any atom is -0.455 e. The largest absolute Gasteiger partial charge is 0.455 e. The van der Waals surface area contributed by atoms with E-state index in [9.17, 15) is 13.2 Å². The van der Waals surface area contributed by atoms with E-state index in [0.29, 0.717) is 18.2 Å². The molecule has 1 amide bonds. The van der Waals surface area contributed by atoms with Gasteiger partial charge in [0.25, 0.3) is 5.91 Å². The lowest BCUT2D eigenvalue weighted by molar-refractivity contribution is 0.0995. The van der Waals surface area contributed by atoms with Crippen molar-refractivity contribution < 1.29 is 17.6 Å².